The van der Waals surface area contributed by atoms with E-state index in [0.29, 0.717) is 12.1 Å². The highest BCUT2D eigenvalue weighted by Crippen LogP contribution is 2.33. The van der Waals surface area contributed by atoms with Crippen LogP contribution in [0, 0.1) is 5.92 Å². The minimum Gasteiger partial charge on any atom is -0.469 e. The summed E-state index contributed by atoms with van der Waals surface area (Å²) in [4.78, 5) is 26.4. The molecule has 0 aliphatic carbocycles. The SMILES string of the molecule is COC(=O)[C@H]1CNC[C@H](c2ccc(C(N)=O)c3[nH]ccc23)C1. The molecule has 1 aromatic carbocycles. The Morgan fingerprint density at radius 3 is 2.82 bits per heavy atom. The maximum atomic E-state index is 11.8. The number of piperidine rings is 1. The molecule has 0 spiro atoms. The third-order valence-corrected chi connectivity index (χ3v) is 4.35. The summed E-state index contributed by atoms with van der Waals surface area (Å²) in [5.74, 6) is -0.587. The molecule has 1 amide bonds. The molecule has 4 N–H and O–H groups in total. The number of rotatable bonds is 3. The number of hydrogen-bond donors (Lipinski definition) is 3. The minimum atomic E-state index is -0.451. The second-order valence-corrected chi connectivity index (χ2v) is 5.64. The molecule has 1 aliphatic heterocycles. The Bertz CT molecular complexity index is 722. The van der Waals surface area contributed by atoms with Crippen LogP contribution >= 0.6 is 0 Å². The van der Waals surface area contributed by atoms with E-state index in [2.05, 4.69) is 10.3 Å². The number of aromatic nitrogens is 1. The van der Waals surface area contributed by atoms with Gasteiger partial charge in [0.1, 0.15) is 0 Å². The number of methoxy groups -OCH3 is 1. The van der Waals surface area contributed by atoms with E-state index in [1.165, 1.54) is 7.11 Å². The molecular formula is C16H19N3O3. The molecule has 1 saturated heterocycles. The zero-order valence-electron chi connectivity index (χ0n) is 12.4. The van der Waals surface area contributed by atoms with Crippen molar-refractivity contribution in [1.29, 1.82) is 0 Å². The summed E-state index contributed by atoms with van der Waals surface area (Å²) in [6.07, 6.45) is 2.53. The summed E-state index contributed by atoms with van der Waals surface area (Å²) >= 11 is 0. The second kappa shape index (κ2) is 5.81. The highest BCUT2D eigenvalue weighted by Gasteiger charge is 2.29. The van der Waals surface area contributed by atoms with Gasteiger partial charge in [-0.05, 0) is 30.0 Å². The first kappa shape index (κ1) is 14.6. The predicted molar refractivity (Wildman–Crippen MR) is 82.6 cm³/mol. The van der Waals surface area contributed by atoms with Crippen molar-refractivity contribution in [2.24, 2.45) is 11.7 Å². The monoisotopic (exact) mass is 301 g/mol. The average molecular weight is 301 g/mol. The first-order chi connectivity index (χ1) is 10.6. The molecule has 1 fully saturated rings. The molecule has 3 rings (SSSR count). The van der Waals surface area contributed by atoms with Crippen LogP contribution in [0.15, 0.2) is 24.4 Å². The van der Waals surface area contributed by atoms with Gasteiger partial charge in [-0.2, -0.15) is 0 Å². The largest absolute Gasteiger partial charge is 0.469 e. The second-order valence-electron chi connectivity index (χ2n) is 5.64. The number of benzene rings is 1. The highest BCUT2D eigenvalue weighted by molar-refractivity contribution is 6.05. The number of aromatic amines is 1. The van der Waals surface area contributed by atoms with Crippen molar-refractivity contribution >= 4 is 22.8 Å². The number of carbonyl (C=O) groups excluding carboxylic acids is 2. The molecule has 1 aliphatic rings. The standard InChI is InChI=1S/C16H19N3O3/c1-22-16(21)10-6-9(7-18-8-10)11-2-3-13(15(17)20)14-12(11)4-5-19-14/h2-5,9-10,18-19H,6-8H2,1H3,(H2,17,20)/t9-,10-/m1/s1. The molecule has 0 saturated carbocycles. The predicted octanol–water partition coefficient (Wildman–Crippen LogP) is 1.13. The maximum absolute atomic E-state index is 11.8. The fourth-order valence-electron chi connectivity index (χ4n) is 3.27. The highest BCUT2D eigenvalue weighted by atomic mass is 16.5. The molecule has 2 aromatic rings. The van der Waals surface area contributed by atoms with Crippen LogP contribution < -0.4 is 11.1 Å². The zero-order valence-corrected chi connectivity index (χ0v) is 12.4. The maximum Gasteiger partial charge on any atom is 0.309 e. The molecule has 1 aromatic heterocycles. The molecule has 6 nitrogen and oxygen atoms in total. The van der Waals surface area contributed by atoms with Crippen molar-refractivity contribution < 1.29 is 14.3 Å². The van der Waals surface area contributed by atoms with Gasteiger partial charge in [-0.25, -0.2) is 0 Å². The van der Waals surface area contributed by atoms with Crippen LogP contribution in [-0.2, 0) is 9.53 Å². The Kier molecular flexibility index (Phi) is 3.85. The van der Waals surface area contributed by atoms with Gasteiger partial charge in [-0.3, -0.25) is 9.59 Å². The summed E-state index contributed by atoms with van der Waals surface area (Å²) in [6, 6.07) is 5.62. The number of esters is 1. The van der Waals surface area contributed by atoms with Crippen LogP contribution in [0.3, 0.4) is 0 Å². The van der Waals surface area contributed by atoms with Gasteiger partial charge >= 0.3 is 5.97 Å². The molecule has 0 unspecified atom stereocenters. The molecule has 6 heteroatoms. The number of fused-ring (bicyclic) bond motifs is 1. The normalized spacial score (nSPS) is 21.7. The summed E-state index contributed by atoms with van der Waals surface area (Å²) in [5, 5.41) is 4.27. The van der Waals surface area contributed by atoms with Crippen LogP contribution in [0.1, 0.15) is 28.3 Å². The van der Waals surface area contributed by atoms with Crippen LogP contribution in [0.25, 0.3) is 10.9 Å². The Morgan fingerprint density at radius 1 is 1.27 bits per heavy atom. The molecule has 2 heterocycles. The lowest BCUT2D eigenvalue weighted by atomic mass is 9.83. The topological polar surface area (TPSA) is 97.2 Å². The van der Waals surface area contributed by atoms with Gasteiger partial charge in [-0.1, -0.05) is 6.07 Å². The fourth-order valence-corrected chi connectivity index (χ4v) is 3.27. The fraction of sp³-hybridized carbons (Fsp3) is 0.375. The van der Waals surface area contributed by atoms with E-state index in [-0.39, 0.29) is 17.8 Å². The number of ether oxygens (including phenoxy) is 1. The third-order valence-electron chi connectivity index (χ3n) is 4.35. The Labute approximate surface area is 128 Å². The van der Waals surface area contributed by atoms with E-state index in [1.54, 1.807) is 12.3 Å². The summed E-state index contributed by atoms with van der Waals surface area (Å²) in [7, 11) is 1.41. The smallest absolute Gasteiger partial charge is 0.309 e. The van der Waals surface area contributed by atoms with Gasteiger partial charge < -0.3 is 20.8 Å². The average Bonchev–Trinajstić information content (AvgIpc) is 3.02. The van der Waals surface area contributed by atoms with Gasteiger partial charge in [-0.15, -0.1) is 0 Å². The van der Waals surface area contributed by atoms with Crippen molar-refractivity contribution in [1.82, 2.24) is 10.3 Å². The Morgan fingerprint density at radius 2 is 2.09 bits per heavy atom. The van der Waals surface area contributed by atoms with E-state index in [9.17, 15) is 9.59 Å². The van der Waals surface area contributed by atoms with E-state index in [4.69, 9.17) is 10.5 Å². The van der Waals surface area contributed by atoms with Crippen LogP contribution in [0.4, 0.5) is 0 Å². The van der Waals surface area contributed by atoms with E-state index in [0.717, 1.165) is 29.4 Å². The Hall–Kier alpha value is -2.34. The molecular weight excluding hydrogens is 282 g/mol. The zero-order chi connectivity index (χ0) is 15.7. The molecule has 0 bridgehead atoms. The lowest BCUT2D eigenvalue weighted by Crippen LogP contribution is -2.39. The van der Waals surface area contributed by atoms with Crippen LogP contribution in [0.2, 0.25) is 0 Å². The van der Waals surface area contributed by atoms with Crippen molar-refractivity contribution in [3.05, 3.63) is 35.5 Å². The Balaban J connectivity index is 1.96. The number of hydrogen-bond acceptors (Lipinski definition) is 4. The number of nitrogens with two attached hydrogens (primary N) is 1. The van der Waals surface area contributed by atoms with Gasteiger partial charge in [0.2, 0.25) is 0 Å². The number of H-pyrrole nitrogens is 1. The van der Waals surface area contributed by atoms with Gasteiger partial charge in [0, 0.05) is 24.7 Å². The lowest BCUT2D eigenvalue weighted by Gasteiger charge is -2.29. The number of carbonyl (C=O) groups is 2. The minimum absolute atomic E-state index is 0.145. The number of nitrogens with one attached hydrogen (secondary N) is 2. The molecule has 0 radical (unpaired) electrons. The summed E-state index contributed by atoms with van der Waals surface area (Å²) in [6.45, 7) is 1.43. The summed E-state index contributed by atoms with van der Waals surface area (Å²) in [5.41, 5.74) is 7.77. The lowest BCUT2D eigenvalue weighted by molar-refractivity contribution is -0.146. The third kappa shape index (κ3) is 2.46. The van der Waals surface area contributed by atoms with Crippen molar-refractivity contribution in [2.45, 2.75) is 12.3 Å². The molecule has 2 atom stereocenters. The van der Waals surface area contributed by atoms with E-state index < -0.39 is 5.91 Å². The first-order valence-corrected chi connectivity index (χ1v) is 7.30. The quantitative estimate of drug-likeness (QED) is 0.740. The number of primary amides is 1. The first-order valence-electron chi connectivity index (χ1n) is 7.30. The van der Waals surface area contributed by atoms with Crippen LogP contribution in [-0.4, -0.2) is 37.1 Å². The van der Waals surface area contributed by atoms with E-state index in [1.807, 2.05) is 12.1 Å². The summed E-state index contributed by atoms with van der Waals surface area (Å²) < 4.78 is 4.85. The van der Waals surface area contributed by atoms with Crippen molar-refractivity contribution in [2.75, 3.05) is 20.2 Å². The molecule has 116 valence electrons. The van der Waals surface area contributed by atoms with Crippen molar-refractivity contribution in [3.63, 3.8) is 0 Å². The van der Waals surface area contributed by atoms with Crippen molar-refractivity contribution in [3.8, 4) is 0 Å². The van der Waals surface area contributed by atoms with Gasteiger partial charge in [0.15, 0.2) is 0 Å². The number of amides is 1. The van der Waals surface area contributed by atoms with Gasteiger partial charge in [0.05, 0.1) is 24.1 Å². The van der Waals surface area contributed by atoms with Crippen LogP contribution in [0.5, 0.6) is 0 Å². The van der Waals surface area contributed by atoms with Gasteiger partial charge in [0.25, 0.3) is 5.91 Å². The molecule has 22 heavy (non-hydrogen) atoms. The van der Waals surface area contributed by atoms with E-state index >= 15 is 0 Å².